The number of benzene rings is 2. The molecule has 37 heavy (non-hydrogen) atoms. The lowest BCUT2D eigenvalue weighted by atomic mass is 10.2. The van der Waals surface area contributed by atoms with Crippen LogP contribution in [0.5, 0.6) is 23.0 Å². The van der Waals surface area contributed by atoms with Gasteiger partial charge in [-0.1, -0.05) is 5.16 Å². The maximum absolute atomic E-state index is 13.5. The quantitative estimate of drug-likeness (QED) is 0.370. The molecule has 1 aliphatic heterocycles. The third kappa shape index (κ3) is 4.58. The smallest absolute Gasteiger partial charge is 0.331 e. The second-order valence-electron chi connectivity index (χ2n) is 8.15. The zero-order valence-electron chi connectivity index (χ0n) is 20.3. The first-order valence-corrected chi connectivity index (χ1v) is 11.3. The number of amides is 1. The molecule has 13 heteroatoms. The number of hydrogen-bond donors (Lipinski definition) is 1. The van der Waals surface area contributed by atoms with Crippen molar-refractivity contribution in [2.45, 2.75) is 26.4 Å². The Hall–Kier alpha value is -4.81. The SMILES string of the molecule is COc1ccc(OC)c(NC(=O)Cn2c(=O)n(CCc3nc(C)no3)c(=O)c3cc4c(cc32)OCO4)c1. The Morgan fingerprint density at radius 2 is 1.86 bits per heavy atom. The maximum Gasteiger partial charge on any atom is 0.331 e. The second kappa shape index (κ2) is 9.68. The topological polar surface area (TPSA) is 149 Å². The Morgan fingerprint density at radius 1 is 1.08 bits per heavy atom. The van der Waals surface area contributed by atoms with Gasteiger partial charge in [-0.25, -0.2) is 4.79 Å². The van der Waals surface area contributed by atoms with Crippen LogP contribution in [0.2, 0.25) is 0 Å². The molecule has 2 aromatic carbocycles. The number of ether oxygens (including phenoxy) is 4. The van der Waals surface area contributed by atoms with E-state index in [1.807, 2.05) is 0 Å². The molecule has 0 atom stereocenters. The minimum Gasteiger partial charge on any atom is -0.497 e. The summed E-state index contributed by atoms with van der Waals surface area (Å²) < 4.78 is 28.7. The summed E-state index contributed by atoms with van der Waals surface area (Å²) >= 11 is 0. The van der Waals surface area contributed by atoms with Crippen molar-refractivity contribution in [2.75, 3.05) is 26.3 Å². The molecule has 0 radical (unpaired) electrons. The van der Waals surface area contributed by atoms with E-state index in [1.165, 1.54) is 30.9 Å². The highest BCUT2D eigenvalue weighted by Gasteiger charge is 2.22. The van der Waals surface area contributed by atoms with Crippen LogP contribution >= 0.6 is 0 Å². The normalized spacial score (nSPS) is 12.1. The van der Waals surface area contributed by atoms with E-state index in [0.717, 1.165) is 4.57 Å². The Bertz CT molecular complexity index is 1620. The second-order valence-corrected chi connectivity index (χ2v) is 8.15. The van der Waals surface area contributed by atoms with Crippen molar-refractivity contribution in [1.82, 2.24) is 19.3 Å². The molecule has 0 saturated heterocycles. The van der Waals surface area contributed by atoms with Crippen molar-refractivity contribution < 1.29 is 28.3 Å². The lowest BCUT2D eigenvalue weighted by molar-refractivity contribution is -0.116. The predicted molar refractivity (Wildman–Crippen MR) is 130 cm³/mol. The highest BCUT2D eigenvalue weighted by molar-refractivity contribution is 5.93. The molecule has 3 heterocycles. The number of methoxy groups -OCH3 is 2. The van der Waals surface area contributed by atoms with Crippen LogP contribution in [-0.2, 0) is 24.3 Å². The van der Waals surface area contributed by atoms with Gasteiger partial charge in [-0.3, -0.25) is 18.7 Å². The minimum absolute atomic E-state index is 0.0172. The zero-order valence-corrected chi connectivity index (χ0v) is 20.3. The van der Waals surface area contributed by atoms with Crippen LogP contribution in [0.3, 0.4) is 0 Å². The van der Waals surface area contributed by atoms with Crippen molar-refractivity contribution in [3.63, 3.8) is 0 Å². The molecule has 1 amide bonds. The number of anilines is 1. The molecule has 5 rings (SSSR count). The average Bonchev–Trinajstić information content (AvgIpc) is 3.53. The lowest BCUT2D eigenvalue weighted by Gasteiger charge is -2.15. The van der Waals surface area contributed by atoms with Crippen LogP contribution in [-0.4, -0.2) is 46.2 Å². The summed E-state index contributed by atoms with van der Waals surface area (Å²) in [6, 6.07) is 7.97. The number of nitrogens with one attached hydrogen (secondary N) is 1. The van der Waals surface area contributed by atoms with Crippen molar-refractivity contribution >= 4 is 22.5 Å². The number of aromatic nitrogens is 4. The molecular weight excluding hydrogens is 486 g/mol. The summed E-state index contributed by atoms with van der Waals surface area (Å²) in [5.41, 5.74) is -0.625. The van der Waals surface area contributed by atoms with Crippen molar-refractivity contribution in [1.29, 1.82) is 0 Å². The first kappa shape index (κ1) is 23.9. The molecule has 0 saturated carbocycles. The van der Waals surface area contributed by atoms with Gasteiger partial charge in [0, 0.05) is 25.1 Å². The monoisotopic (exact) mass is 509 g/mol. The van der Waals surface area contributed by atoms with Gasteiger partial charge in [0.05, 0.1) is 30.8 Å². The molecular formula is C24H23N5O8. The number of hydrogen-bond acceptors (Lipinski definition) is 10. The fraction of sp³-hybridized carbons (Fsp3) is 0.292. The molecule has 0 aliphatic carbocycles. The molecule has 0 bridgehead atoms. The van der Waals surface area contributed by atoms with Gasteiger partial charge in [0.15, 0.2) is 17.3 Å². The van der Waals surface area contributed by atoms with Crippen LogP contribution < -0.4 is 35.5 Å². The third-order valence-corrected chi connectivity index (χ3v) is 5.82. The molecule has 2 aromatic heterocycles. The molecule has 1 N–H and O–H groups in total. The Balaban J connectivity index is 1.55. The molecule has 0 fully saturated rings. The molecule has 13 nitrogen and oxygen atoms in total. The molecule has 0 unspecified atom stereocenters. The number of carbonyl (C=O) groups excluding carboxylic acids is 1. The number of rotatable bonds is 8. The zero-order chi connectivity index (χ0) is 26.1. The summed E-state index contributed by atoms with van der Waals surface area (Å²) in [4.78, 5) is 44.1. The van der Waals surface area contributed by atoms with E-state index in [-0.39, 0.29) is 36.6 Å². The fourth-order valence-corrected chi connectivity index (χ4v) is 4.05. The first-order valence-electron chi connectivity index (χ1n) is 11.3. The standard InChI is InChI=1S/C24H23N5O8/c1-13-25-22(37-27-13)6-7-28-23(31)15-9-19-20(36-12-35-19)10-17(15)29(24(28)32)11-21(30)26-16-8-14(33-2)4-5-18(16)34-3/h4-5,8-10H,6-7,11-12H2,1-3H3,(H,26,30). The first-order chi connectivity index (χ1) is 17.9. The van der Waals surface area contributed by atoms with E-state index in [2.05, 4.69) is 15.5 Å². The fourth-order valence-electron chi connectivity index (χ4n) is 4.05. The van der Waals surface area contributed by atoms with E-state index in [1.54, 1.807) is 25.1 Å². The Morgan fingerprint density at radius 3 is 2.57 bits per heavy atom. The summed E-state index contributed by atoms with van der Waals surface area (Å²) in [6.45, 7) is 1.22. The number of nitrogens with zero attached hydrogens (tertiary/aromatic N) is 4. The van der Waals surface area contributed by atoms with Gasteiger partial charge < -0.3 is 28.8 Å². The average molecular weight is 509 g/mol. The summed E-state index contributed by atoms with van der Waals surface area (Å²) in [6.07, 6.45) is 0.152. The van der Waals surface area contributed by atoms with Gasteiger partial charge in [-0.2, -0.15) is 4.98 Å². The van der Waals surface area contributed by atoms with E-state index in [4.69, 9.17) is 23.5 Å². The van der Waals surface area contributed by atoms with E-state index in [9.17, 15) is 14.4 Å². The maximum atomic E-state index is 13.5. The highest BCUT2D eigenvalue weighted by atomic mass is 16.7. The van der Waals surface area contributed by atoms with Gasteiger partial charge in [0.2, 0.25) is 18.6 Å². The Labute approximate surface area is 209 Å². The van der Waals surface area contributed by atoms with Crippen molar-refractivity contribution in [3.8, 4) is 23.0 Å². The van der Waals surface area contributed by atoms with Crippen LogP contribution in [0.15, 0.2) is 44.4 Å². The van der Waals surface area contributed by atoms with E-state index < -0.39 is 23.7 Å². The molecule has 192 valence electrons. The van der Waals surface area contributed by atoms with Gasteiger partial charge in [-0.05, 0) is 25.1 Å². The lowest BCUT2D eigenvalue weighted by Crippen LogP contribution is -2.42. The molecule has 1 aliphatic rings. The Kier molecular flexibility index (Phi) is 6.26. The van der Waals surface area contributed by atoms with Gasteiger partial charge in [0.25, 0.3) is 5.56 Å². The third-order valence-electron chi connectivity index (χ3n) is 5.82. The van der Waals surface area contributed by atoms with Crippen LogP contribution in [0.25, 0.3) is 10.9 Å². The van der Waals surface area contributed by atoms with Gasteiger partial charge in [0.1, 0.15) is 18.0 Å². The number of aryl methyl sites for hydroxylation is 2. The van der Waals surface area contributed by atoms with Crippen LogP contribution in [0.1, 0.15) is 11.7 Å². The van der Waals surface area contributed by atoms with E-state index in [0.29, 0.717) is 34.5 Å². The highest BCUT2D eigenvalue weighted by Crippen LogP contribution is 2.35. The minimum atomic E-state index is -0.680. The number of carbonyl (C=O) groups is 1. The van der Waals surface area contributed by atoms with E-state index >= 15 is 0 Å². The number of fused-ring (bicyclic) bond motifs is 2. The van der Waals surface area contributed by atoms with Crippen molar-refractivity contribution in [2.24, 2.45) is 0 Å². The summed E-state index contributed by atoms with van der Waals surface area (Å²) in [5, 5.41) is 6.66. The van der Waals surface area contributed by atoms with Crippen molar-refractivity contribution in [3.05, 3.63) is 62.9 Å². The van der Waals surface area contributed by atoms with Crippen LogP contribution in [0, 0.1) is 6.92 Å². The molecule has 0 spiro atoms. The molecule has 4 aromatic rings. The van der Waals surface area contributed by atoms with Gasteiger partial charge in [-0.15, -0.1) is 0 Å². The largest absolute Gasteiger partial charge is 0.497 e. The predicted octanol–water partition coefficient (Wildman–Crippen LogP) is 1.48. The summed E-state index contributed by atoms with van der Waals surface area (Å²) in [7, 11) is 2.97. The van der Waals surface area contributed by atoms with Crippen LogP contribution in [0.4, 0.5) is 5.69 Å². The van der Waals surface area contributed by atoms with Gasteiger partial charge >= 0.3 is 5.69 Å². The summed E-state index contributed by atoms with van der Waals surface area (Å²) in [5.74, 6) is 1.87.